The van der Waals surface area contributed by atoms with Gasteiger partial charge >= 0.3 is 0 Å². The van der Waals surface area contributed by atoms with Gasteiger partial charge in [-0.25, -0.2) is 0 Å². The SMILES string of the molecule is CC(O)(C[Si](C)(C)C)C(N)=O. The number of amides is 1. The van der Waals surface area contributed by atoms with Crippen LogP contribution in [0.3, 0.4) is 0 Å². The van der Waals surface area contributed by atoms with Crippen LogP contribution in [0.4, 0.5) is 0 Å². The summed E-state index contributed by atoms with van der Waals surface area (Å²) < 4.78 is 0. The van der Waals surface area contributed by atoms with Gasteiger partial charge in [0.25, 0.3) is 0 Å². The number of carbonyl (C=O) groups is 1. The molecule has 0 heterocycles. The first-order valence-corrected chi connectivity index (χ1v) is 7.38. The van der Waals surface area contributed by atoms with Crippen molar-refractivity contribution in [1.82, 2.24) is 0 Å². The molecule has 1 amide bonds. The summed E-state index contributed by atoms with van der Waals surface area (Å²) in [5, 5.41) is 9.49. The van der Waals surface area contributed by atoms with Crippen molar-refractivity contribution in [2.24, 2.45) is 5.73 Å². The molecule has 66 valence electrons. The molecule has 0 radical (unpaired) electrons. The van der Waals surface area contributed by atoms with Crippen LogP contribution in [-0.2, 0) is 4.79 Å². The van der Waals surface area contributed by atoms with Gasteiger partial charge in [0.05, 0.1) is 0 Å². The minimum absolute atomic E-state index is 0.523. The van der Waals surface area contributed by atoms with Crippen molar-refractivity contribution in [3.05, 3.63) is 0 Å². The number of nitrogens with two attached hydrogens (primary N) is 1. The molecule has 0 spiro atoms. The van der Waals surface area contributed by atoms with Gasteiger partial charge in [0, 0.05) is 8.07 Å². The first-order valence-electron chi connectivity index (χ1n) is 3.67. The van der Waals surface area contributed by atoms with Crippen LogP contribution in [0.1, 0.15) is 6.92 Å². The number of aliphatic hydroxyl groups is 1. The first-order chi connectivity index (χ1) is 4.65. The fraction of sp³-hybridized carbons (Fsp3) is 0.857. The molecule has 1 atom stereocenters. The molecule has 0 aromatic heterocycles. The zero-order valence-corrected chi connectivity index (χ0v) is 8.64. The summed E-state index contributed by atoms with van der Waals surface area (Å²) in [6.45, 7) is 7.74. The van der Waals surface area contributed by atoms with Crippen LogP contribution in [0.2, 0.25) is 25.7 Å². The molecule has 0 saturated carbocycles. The zero-order valence-electron chi connectivity index (χ0n) is 7.64. The topological polar surface area (TPSA) is 63.3 Å². The van der Waals surface area contributed by atoms with Crippen LogP contribution in [0, 0.1) is 0 Å². The van der Waals surface area contributed by atoms with E-state index < -0.39 is 19.6 Å². The smallest absolute Gasteiger partial charge is 0.248 e. The summed E-state index contributed by atoms with van der Waals surface area (Å²) in [4.78, 5) is 10.7. The van der Waals surface area contributed by atoms with Crippen LogP contribution in [-0.4, -0.2) is 24.7 Å². The lowest BCUT2D eigenvalue weighted by atomic mass is 10.1. The van der Waals surface area contributed by atoms with Gasteiger partial charge in [0.15, 0.2) is 0 Å². The van der Waals surface area contributed by atoms with E-state index in [4.69, 9.17) is 5.73 Å². The van der Waals surface area contributed by atoms with Crippen molar-refractivity contribution in [2.45, 2.75) is 38.2 Å². The van der Waals surface area contributed by atoms with Crippen molar-refractivity contribution in [1.29, 1.82) is 0 Å². The largest absolute Gasteiger partial charge is 0.381 e. The highest BCUT2D eigenvalue weighted by molar-refractivity contribution is 6.76. The minimum atomic E-state index is -1.41. The second-order valence-corrected chi connectivity index (χ2v) is 9.85. The van der Waals surface area contributed by atoms with Gasteiger partial charge < -0.3 is 10.8 Å². The molecular formula is C7H17NO2Si. The van der Waals surface area contributed by atoms with Crippen LogP contribution in [0.5, 0.6) is 0 Å². The average molecular weight is 175 g/mol. The quantitative estimate of drug-likeness (QED) is 0.616. The van der Waals surface area contributed by atoms with E-state index in [1.807, 2.05) is 0 Å². The van der Waals surface area contributed by atoms with E-state index >= 15 is 0 Å². The van der Waals surface area contributed by atoms with Gasteiger partial charge in [-0.2, -0.15) is 0 Å². The van der Waals surface area contributed by atoms with Crippen LogP contribution < -0.4 is 5.73 Å². The number of carbonyl (C=O) groups excluding carboxylic acids is 1. The maximum Gasteiger partial charge on any atom is 0.248 e. The van der Waals surface area contributed by atoms with Gasteiger partial charge in [0.2, 0.25) is 5.91 Å². The van der Waals surface area contributed by atoms with E-state index in [0.717, 1.165) is 0 Å². The van der Waals surface area contributed by atoms with Gasteiger partial charge in [0.1, 0.15) is 5.60 Å². The summed E-state index contributed by atoms with van der Waals surface area (Å²) in [5.41, 5.74) is 3.70. The molecule has 0 fully saturated rings. The Hall–Kier alpha value is -0.353. The van der Waals surface area contributed by atoms with Gasteiger partial charge in [-0.05, 0) is 13.0 Å². The molecular weight excluding hydrogens is 158 g/mol. The van der Waals surface area contributed by atoms with Crippen molar-refractivity contribution in [3.63, 3.8) is 0 Å². The van der Waals surface area contributed by atoms with E-state index in [1.165, 1.54) is 6.92 Å². The molecule has 0 aliphatic carbocycles. The third kappa shape index (κ3) is 4.16. The third-order valence-corrected chi connectivity index (χ3v) is 3.15. The second-order valence-electron chi connectivity index (χ2n) is 4.38. The summed E-state index contributed by atoms with van der Waals surface area (Å²) in [7, 11) is -1.41. The van der Waals surface area contributed by atoms with E-state index in [2.05, 4.69) is 19.6 Å². The Bertz CT molecular complexity index is 160. The van der Waals surface area contributed by atoms with Crippen molar-refractivity contribution in [2.75, 3.05) is 0 Å². The molecule has 0 aliphatic rings. The Kier molecular flexibility index (Phi) is 2.85. The molecule has 11 heavy (non-hydrogen) atoms. The highest BCUT2D eigenvalue weighted by Gasteiger charge is 2.33. The molecule has 1 unspecified atom stereocenters. The monoisotopic (exact) mass is 175 g/mol. The Morgan fingerprint density at radius 3 is 2.00 bits per heavy atom. The normalized spacial score (nSPS) is 17.5. The van der Waals surface area contributed by atoms with E-state index in [0.29, 0.717) is 6.04 Å². The number of hydrogen-bond donors (Lipinski definition) is 2. The number of hydrogen-bond acceptors (Lipinski definition) is 2. The lowest BCUT2D eigenvalue weighted by Gasteiger charge is -2.26. The third-order valence-electron chi connectivity index (χ3n) is 1.41. The molecule has 0 aromatic rings. The van der Waals surface area contributed by atoms with Crippen LogP contribution in [0.15, 0.2) is 0 Å². The van der Waals surface area contributed by atoms with Crippen LogP contribution in [0.25, 0.3) is 0 Å². The van der Waals surface area contributed by atoms with Gasteiger partial charge in [-0.3, -0.25) is 4.79 Å². The molecule has 0 aliphatic heterocycles. The van der Waals surface area contributed by atoms with Crippen molar-refractivity contribution in [3.8, 4) is 0 Å². The zero-order chi connectivity index (χ0) is 9.28. The first kappa shape index (κ1) is 10.6. The fourth-order valence-corrected chi connectivity index (χ4v) is 3.36. The summed E-state index contributed by atoms with van der Waals surface area (Å²) >= 11 is 0. The molecule has 3 nitrogen and oxygen atoms in total. The molecule has 0 rings (SSSR count). The average Bonchev–Trinajstić information content (AvgIpc) is 1.56. The molecule has 3 N–H and O–H groups in total. The highest BCUT2D eigenvalue weighted by Crippen LogP contribution is 2.19. The lowest BCUT2D eigenvalue weighted by molar-refractivity contribution is -0.132. The van der Waals surface area contributed by atoms with E-state index in [1.54, 1.807) is 0 Å². The lowest BCUT2D eigenvalue weighted by Crippen LogP contribution is -2.46. The molecule has 0 saturated heterocycles. The van der Waals surface area contributed by atoms with Gasteiger partial charge in [-0.1, -0.05) is 19.6 Å². The fourth-order valence-electron chi connectivity index (χ4n) is 1.12. The summed E-state index contributed by atoms with van der Waals surface area (Å²) in [6.07, 6.45) is 0. The Morgan fingerprint density at radius 2 is 1.91 bits per heavy atom. The number of rotatable bonds is 3. The predicted molar refractivity (Wildman–Crippen MR) is 48.0 cm³/mol. The minimum Gasteiger partial charge on any atom is -0.381 e. The summed E-state index contributed by atoms with van der Waals surface area (Å²) in [6, 6.07) is 0.523. The maximum atomic E-state index is 10.7. The van der Waals surface area contributed by atoms with Crippen molar-refractivity contribution >= 4 is 14.0 Å². The van der Waals surface area contributed by atoms with Crippen LogP contribution >= 0.6 is 0 Å². The van der Waals surface area contributed by atoms with E-state index in [9.17, 15) is 9.90 Å². The predicted octanol–water partition coefficient (Wildman–Crippen LogP) is 0.561. The Balaban J connectivity index is 4.25. The van der Waals surface area contributed by atoms with Gasteiger partial charge in [-0.15, -0.1) is 0 Å². The standard InChI is InChI=1S/C7H17NO2Si/c1-7(10,6(8)9)5-11(2,3)4/h10H,5H2,1-4H3,(H2,8,9). The maximum absolute atomic E-state index is 10.7. The van der Waals surface area contributed by atoms with E-state index in [-0.39, 0.29) is 0 Å². The summed E-state index contributed by atoms with van der Waals surface area (Å²) in [5.74, 6) is -0.625. The molecule has 0 bridgehead atoms. The van der Waals surface area contributed by atoms with Crippen molar-refractivity contribution < 1.29 is 9.90 Å². The molecule has 4 heteroatoms. The Morgan fingerprint density at radius 1 is 1.55 bits per heavy atom. The second kappa shape index (κ2) is 2.95. The molecule has 0 aromatic carbocycles. The highest BCUT2D eigenvalue weighted by atomic mass is 28.3. The number of primary amides is 1. The Labute approximate surface area is 68.6 Å².